The van der Waals surface area contributed by atoms with Crippen LogP contribution in [0.3, 0.4) is 0 Å². The Morgan fingerprint density at radius 1 is 0.933 bits per heavy atom. The van der Waals surface area contributed by atoms with Gasteiger partial charge in [0.2, 0.25) is 0 Å². The van der Waals surface area contributed by atoms with Crippen LogP contribution in [-0.4, -0.2) is 22.9 Å². The number of methoxy groups -OCH3 is 1. The minimum atomic E-state index is 0.0225. The summed E-state index contributed by atoms with van der Waals surface area (Å²) in [6.07, 6.45) is 3.84. The van der Waals surface area contributed by atoms with Gasteiger partial charge in [-0.1, -0.05) is 42.5 Å². The van der Waals surface area contributed by atoms with Crippen LogP contribution in [0.25, 0.3) is 23.1 Å². The first-order valence-corrected chi connectivity index (χ1v) is 9.59. The molecule has 0 aliphatic carbocycles. The molecule has 0 aliphatic rings. The van der Waals surface area contributed by atoms with Crippen molar-refractivity contribution in [2.75, 3.05) is 12.4 Å². The number of carbonyl (C=O) groups excluding carboxylic acids is 1. The fraction of sp³-hybridized carbons (Fsp3) is 0.0800. The van der Waals surface area contributed by atoms with Crippen molar-refractivity contribution in [3.05, 3.63) is 89.7 Å². The fourth-order valence-electron chi connectivity index (χ4n) is 3.10. The number of hydrogen-bond donors (Lipinski definition) is 1. The van der Waals surface area contributed by atoms with Gasteiger partial charge in [-0.2, -0.15) is 0 Å². The Kier molecular flexibility index (Phi) is 5.52. The molecule has 5 heteroatoms. The Labute approximate surface area is 175 Å². The molecule has 1 heterocycles. The van der Waals surface area contributed by atoms with Gasteiger partial charge in [0, 0.05) is 16.6 Å². The zero-order valence-corrected chi connectivity index (χ0v) is 16.8. The van der Waals surface area contributed by atoms with Crippen molar-refractivity contribution in [1.29, 1.82) is 0 Å². The van der Waals surface area contributed by atoms with Crippen molar-refractivity contribution in [2.24, 2.45) is 0 Å². The summed E-state index contributed by atoms with van der Waals surface area (Å²) in [4.78, 5) is 21.1. The zero-order chi connectivity index (χ0) is 20.9. The number of nitrogens with zero attached hydrogens (tertiary/aromatic N) is 2. The molecule has 0 aliphatic heterocycles. The van der Waals surface area contributed by atoms with Crippen molar-refractivity contribution >= 4 is 40.3 Å². The Hall–Kier alpha value is -3.99. The van der Waals surface area contributed by atoms with Gasteiger partial charge in [0.15, 0.2) is 11.6 Å². The average Bonchev–Trinajstić information content (AvgIpc) is 2.78. The molecule has 0 fully saturated rings. The summed E-state index contributed by atoms with van der Waals surface area (Å²) in [5.74, 6) is 2.12. The lowest BCUT2D eigenvalue weighted by molar-refractivity contribution is 0.101. The standard InChI is InChI=1S/C25H21N3O2/c1-17(29)19-6-5-7-20(16-19)26-25-22-8-3-4-9-23(22)27-24(28-25)15-12-18-10-13-21(30-2)14-11-18/h3-16H,1-2H3,(H,26,27,28)/b15-12+. The molecule has 1 N–H and O–H groups in total. The third-order valence-electron chi connectivity index (χ3n) is 4.69. The van der Waals surface area contributed by atoms with E-state index in [9.17, 15) is 4.79 Å². The third kappa shape index (κ3) is 4.36. The van der Waals surface area contributed by atoms with E-state index in [1.165, 1.54) is 0 Å². The first-order valence-electron chi connectivity index (χ1n) is 9.59. The first kappa shape index (κ1) is 19.3. The third-order valence-corrected chi connectivity index (χ3v) is 4.69. The van der Waals surface area contributed by atoms with Crippen molar-refractivity contribution in [3.63, 3.8) is 0 Å². The molecular weight excluding hydrogens is 374 g/mol. The molecule has 4 aromatic rings. The van der Waals surface area contributed by atoms with Gasteiger partial charge in [-0.25, -0.2) is 9.97 Å². The molecule has 0 bridgehead atoms. The number of ketones is 1. The van der Waals surface area contributed by atoms with E-state index in [4.69, 9.17) is 9.72 Å². The molecule has 0 atom stereocenters. The molecule has 0 saturated carbocycles. The van der Waals surface area contributed by atoms with Gasteiger partial charge in [-0.3, -0.25) is 4.79 Å². The second-order valence-electron chi connectivity index (χ2n) is 6.82. The van der Waals surface area contributed by atoms with Gasteiger partial charge in [-0.05, 0) is 55.0 Å². The summed E-state index contributed by atoms with van der Waals surface area (Å²) in [6.45, 7) is 1.56. The molecule has 0 saturated heterocycles. The van der Waals surface area contributed by atoms with Crippen LogP contribution in [-0.2, 0) is 0 Å². The Bertz CT molecular complexity index is 1230. The highest BCUT2D eigenvalue weighted by Crippen LogP contribution is 2.25. The van der Waals surface area contributed by atoms with E-state index in [0.717, 1.165) is 27.9 Å². The smallest absolute Gasteiger partial charge is 0.159 e. The molecule has 3 aromatic carbocycles. The summed E-state index contributed by atoms with van der Waals surface area (Å²) in [5.41, 5.74) is 3.32. The van der Waals surface area contributed by atoms with Gasteiger partial charge in [-0.15, -0.1) is 0 Å². The van der Waals surface area contributed by atoms with Crippen molar-refractivity contribution in [2.45, 2.75) is 6.92 Å². The lowest BCUT2D eigenvalue weighted by Crippen LogP contribution is -2.00. The summed E-state index contributed by atoms with van der Waals surface area (Å²) >= 11 is 0. The monoisotopic (exact) mass is 395 g/mol. The summed E-state index contributed by atoms with van der Waals surface area (Å²) < 4.78 is 5.20. The molecule has 30 heavy (non-hydrogen) atoms. The largest absolute Gasteiger partial charge is 0.497 e. The van der Waals surface area contributed by atoms with Gasteiger partial charge in [0.25, 0.3) is 0 Å². The topological polar surface area (TPSA) is 64.1 Å². The molecule has 0 unspecified atom stereocenters. The van der Waals surface area contributed by atoms with Crippen molar-refractivity contribution < 1.29 is 9.53 Å². The molecule has 5 nitrogen and oxygen atoms in total. The molecule has 0 radical (unpaired) electrons. The van der Waals surface area contributed by atoms with Crippen LogP contribution in [0.5, 0.6) is 5.75 Å². The summed E-state index contributed by atoms with van der Waals surface area (Å²) in [6, 6.07) is 23.0. The van der Waals surface area contributed by atoms with Gasteiger partial charge in [0.1, 0.15) is 11.6 Å². The van der Waals surface area contributed by atoms with E-state index in [1.807, 2.05) is 78.9 Å². The van der Waals surface area contributed by atoms with E-state index in [2.05, 4.69) is 10.3 Å². The Balaban J connectivity index is 1.69. The number of ether oxygens (including phenoxy) is 1. The second kappa shape index (κ2) is 8.57. The number of carbonyl (C=O) groups is 1. The number of nitrogens with one attached hydrogen (secondary N) is 1. The molecule has 4 rings (SSSR count). The highest BCUT2D eigenvalue weighted by molar-refractivity contribution is 5.96. The SMILES string of the molecule is COc1ccc(/C=C/c2nc(Nc3cccc(C(C)=O)c3)c3ccccc3n2)cc1. The van der Waals surface area contributed by atoms with Crippen LogP contribution in [0.1, 0.15) is 28.7 Å². The maximum Gasteiger partial charge on any atom is 0.159 e. The van der Waals surface area contributed by atoms with Gasteiger partial charge < -0.3 is 10.1 Å². The van der Waals surface area contributed by atoms with Crippen LogP contribution < -0.4 is 10.1 Å². The Morgan fingerprint density at radius 2 is 1.73 bits per heavy atom. The number of fused-ring (bicyclic) bond motifs is 1. The predicted molar refractivity (Wildman–Crippen MR) is 121 cm³/mol. The highest BCUT2D eigenvalue weighted by Gasteiger charge is 2.08. The highest BCUT2D eigenvalue weighted by atomic mass is 16.5. The quantitative estimate of drug-likeness (QED) is 0.421. The van der Waals surface area contributed by atoms with Gasteiger partial charge >= 0.3 is 0 Å². The number of para-hydroxylation sites is 1. The second-order valence-corrected chi connectivity index (χ2v) is 6.82. The number of Topliss-reactive ketones (excluding diaryl/α,β-unsaturated/α-hetero) is 1. The minimum absolute atomic E-state index is 0.0225. The number of hydrogen-bond acceptors (Lipinski definition) is 5. The van der Waals surface area contributed by atoms with Crippen LogP contribution in [0.15, 0.2) is 72.8 Å². The van der Waals surface area contributed by atoms with Crippen LogP contribution in [0.4, 0.5) is 11.5 Å². The average molecular weight is 395 g/mol. The van der Waals surface area contributed by atoms with E-state index < -0.39 is 0 Å². The fourth-order valence-corrected chi connectivity index (χ4v) is 3.10. The predicted octanol–water partition coefficient (Wildman–Crippen LogP) is 5.76. The minimum Gasteiger partial charge on any atom is -0.497 e. The lowest BCUT2D eigenvalue weighted by Gasteiger charge is -2.10. The maximum absolute atomic E-state index is 11.7. The lowest BCUT2D eigenvalue weighted by atomic mass is 10.1. The molecule has 148 valence electrons. The molecule has 1 aromatic heterocycles. The number of benzene rings is 3. The van der Waals surface area contributed by atoms with Crippen LogP contribution >= 0.6 is 0 Å². The number of rotatable bonds is 6. The van der Waals surface area contributed by atoms with Crippen molar-refractivity contribution in [3.8, 4) is 5.75 Å². The maximum atomic E-state index is 11.7. The van der Waals surface area contributed by atoms with E-state index >= 15 is 0 Å². The van der Waals surface area contributed by atoms with Gasteiger partial charge in [0.05, 0.1) is 12.6 Å². The van der Waals surface area contributed by atoms with Crippen molar-refractivity contribution in [1.82, 2.24) is 9.97 Å². The molecule has 0 spiro atoms. The normalized spacial score (nSPS) is 11.0. The summed E-state index contributed by atoms with van der Waals surface area (Å²) in [5, 5.41) is 4.25. The molecular formula is C25H21N3O2. The zero-order valence-electron chi connectivity index (χ0n) is 16.8. The number of anilines is 2. The van der Waals surface area contributed by atoms with Crippen LogP contribution in [0, 0.1) is 0 Å². The van der Waals surface area contributed by atoms with Crippen LogP contribution in [0.2, 0.25) is 0 Å². The first-order chi connectivity index (χ1) is 14.6. The van der Waals surface area contributed by atoms with E-state index in [1.54, 1.807) is 20.1 Å². The van der Waals surface area contributed by atoms with E-state index in [-0.39, 0.29) is 5.78 Å². The summed E-state index contributed by atoms with van der Waals surface area (Å²) in [7, 11) is 1.65. The Morgan fingerprint density at radius 3 is 2.50 bits per heavy atom. The van der Waals surface area contributed by atoms with E-state index in [0.29, 0.717) is 17.2 Å². The molecule has 0 amide bonds. The number of aromatic nitrogens is 2.